The van der Waals surface area contributed by atoms with Gasteiger partial charge in [-0.05, 0) is 49.4 Å². The fourth-order valence-corrected chi connectivity index (χ4v) is 2.78. The number of hydrogen-bond donors (Lipinski definition) is 0. The first-order valence-corrected chi connectivity index (χ1v) is 8.34. The highest BCUT2D eigenvalue weighted by Gasteiger charge is 2.15. The molecule has 3 aromatic rings. The molecule has 134 valence electrons. The van der Waals surface area contributed by atoms with Crippen LogP contribution in [0.4, 0.5) is 0 Å². The van der Waals surface area contributed by atoms with Crippen molar-refractivity contribution in [3.63, 3.8) is 0 Å². The van der Waals surface area contributed by atoms with Crippen LogP contribution >= 0.6 is 11.6 Å². The molecule has 1 heterocycles. The summed E-state index contributed by atoms with van der Waals surface area (Å²) in [4.78, 5) is 18.5. The van der Waals surface area contributed by atoms with Crippen LogP contribution in [0.2, 0.25) is 5.02 Å². The van der Waals surface area contributed by atoms with Crippen molar-refractivity contribution >= 4 is 17.5 Å². The smallest absolute Gasteiger partial charge is 0.257 e. The minimum absolute atomic E-state index is 0.111. The van der Waals surface area contributed by atoms with Crippen LogP contribution in [0.15, 0.2) is 47.0 Å². The molecule has 1 amide bonds. The van der Waals surface area contributed by atoms with Crippen molar-refractivity contribution in [1.29, 1.82) is 0 Å². The number of carbonyl (C=O) groups excluding carboxylic acids is 1. The van der Waals surface area contributed by atoms with E-state index in [1.165, 1.54) is 0 Å². The molecule has 0 saturated heterocycles. The van der Waals surface area contributed by atoms with Gasteiger partial charge in [0.25, 0.3) is 11.8 Å². The normalized spacial score (nSPS) is 10.6. The fourth-order valence-electron chi connectivity index (χ4n) is 2.59. The predicted molar refractivity (Wildman–Crippen MR) is 98.3 cm³/mol. The molecule has 0 bridgehead atoms. The molecule has 0 aliphatic rings. The lowest BCUT2D eigenvalue weighted by atomic mass is 10.1. The number of hydrogen-bond acceptors (Lipinski definition) is 5. The van der Waals surface area contributed by atoms with Gasteiger partial charge in [-0.2, -0.15) is 4.98 Å². The van der Waals surface area contributed by atoms with Crippen LogP contribution in [-0.2, 0) is 6.54 Å². The zero-order valence-corrected chi connectivity index (χ0v) is 15.4. The Morgan fingerprint density at radius 2 is 1.96 bits per heavy atom. The number of benzene rings is 2. The number of aryl methyl sites for hydroxylation is 1. The highest BCUT2D eigenvalue weighted by atomic mass is 35.5. The Hall–Kier alpha value is -2.86. The SMILES string of the molecule is COc1ccc(Cl)cc1CN(C)C(=O)c1ccc(-c2nc(C)no2)cc1. The highest BCUT2D eigenvalue weighted by Crippen LogP contribution is 2.24. The number of halogens is 1. The first-order valence-electron chi connectivity index (χ1n) is 7.96. The Bertz CT molecular complexity index is 922. The average molecular weight is 372 g/mol. The molecule has 3 rings (SSSR count). The fraction of sp³-hybridized carbons (Fsp3) is 0.211. The monoisotopic (exact) mass is 371 g/mol. The first kappa shape index (κ1) is 17.9. The van der Waals surface area contributed by atoms with E-state index in [2.05, 4.69) is 10.1 Å². The molecular weight excluding hydrogens is 354 g/mol. The van der Waals surface area contributed by atoms with Gasteiger partial charge in [-0.1, -0.05) is 16.8 Å². The van der Waals surface area contributed by atoms with Gasteiger partial charge >= 0.3 is 0 Å². The molecule has 0 fully saturated rings. The second-order valence-electron chi connectivity index (χ2n) is 5.84. The van der Waals surface area contributed by atoms with E-state index in [-0.39, 0.29) is 5.91 Å². The van der Waals surface area contributed by atoms with Crippen molar-refractivity contribution in [1.82, 2.24) is 15.0 Å². The topological polar surface area (TPSA) is 68.5 Å². The van der Waals surface area contributed by atoms with E-state index < -0.39 is 0 Å². The van der Waals surface area contributed by atoms with Gasteiger partial charge in [-0.3, -0.25) is 4.79 Å². The van der Waals surface area contributed by atoms with Crippen LogP contribution < -0.4 is 4.74 Å². The van der Waals surface area contributed by atoms with Crippen LogP contribution in [0.5, 0.6) is 5.75 Å². The molecule has 0 aliphatic carbocycles. The zero-order valence-electron chi connectivity index (χ0n) is 14.7. The van der Waals surface area contributed by atoms with E-state index in [9.17, 15) is 4.79 Å². The minimum atomic E-state index is -0.111. The van der Waals surface area contributed by atoms with E-state index in [1.807, 2.05) is 0 Å². The summed E-state index contributed by atoms with van der Waals surface area (Å²) in [5, 5.41) is 4.36. The number of rotatable bonds is 5. The standard InChI is InChI=1S/C19H18ClN3O3/c1-12-21-18(26-22-12)13-4-6-14(7-5-13)19(24)23(2)11-15-10-16(20)8-9-17(15)25-3/h4-10H,11H2,1-3H3. The molecular formula is C19H18ClN3O3. The molecule has 26 heavy (non-hydrogen) atoms. The van der Waals surface area contributed by atoms with Gasteiger partial charge in [0.1, 0.15) is 5.75 Å². The summed E-state index contributed by atoms with van der Waals surface area (Å²) in [7, 11) is 3.32. The summed E-state index contributed by atoms with van der Waals surface area (Å²) in [6.45, 7) is 2.14. The third-order valence-corrected chi connectivity index (χ3v) is 4.14. The number of nitrogens with zero attached hydrogens (tertiary/aromatic N) is 3. The van der Waals surface area contributed by atoms with Gasteiger partial charge in [0.15, 0.2) is 5.82 Å². The first-order chi connectivity index (χ1) is 12.5. The van der Waals surface area contributed by atoms with Crippen molar-refractivity contribution < 1.29 is 14.1 Å². The number of amides is 1. The Labute approximate surface area is 156 Å². The summed E-state index contributed by atoms with van der Waals surface area (Å²) in [5.74, 6) is 1.57. The maximum absolute atomic E-state index is 12.7. The molecule has 0 atom stereocenters. The van der Waals surface area contributed by atoms with Crippen LogP contribution in [0, 0.1) is 6.92 Å². The third kappa shape index (κ3) is 3.86. The van der Waals surface area contributed by atoms with Gasteiger partial charge < -0.3 is 14.2 Å². The van der Waals surface area contributed by atoms with Crippen LogP contribution in [0.25, 0.3) is 11.5 Å². The average Bonchev–Trinajstić information content (AvgIpc) is 3.08. The molecule has 0 radical (unpaired) electrons. The summed E-state index contributed by atoms with van der Waals surface area (Å²) in [6.07, 6.45) is 0. The molecule has 0 N–H and O–H groups in total. The van der Waals surface area contributed by atoms with Gasteiger partial charge in [0.2, 0.25) is 0 Å². The molecule has 7 heteroatoms. The van der Waals surface area contributed by atoms with E-state index in [1.54, 1.807) is 68.4 Å². The quantitative estimate of drug-likeness (QED) is 0.678. The lowest BCUT2D eigenvalue weighted by molar-refractivity contribution is 0.0784. The molecule has 1 aromatic heterocycles. The van der Waals surface area contributed by atoms with E-state index in [0.29, 0.717) is 34.6 Å². The maximum atomic E-state index is 12.7. The number of methoxy groups -OCH3 is 1. The Morgan fingerprint density at radius 3 is 2.58 bits per heavy atom. The van der Waals surface area contributed by atoms with Gasteiger partial charge in [-0.25, -0.2) is 0 Å². The largest absolute Gasteiger partial charge is 0.496 e. The Balaban J connectivity index is 1.75. The van der Waals surface area contributed by atoms with Gasteiger partial charge in [0, 0.05) is 35.3 Å². The van der Waals surface area contributed by atoms with Crippen LogP contribution in [-0.4, -0.2) is 35.1 Å². The van der Waals surface area contributed by atoms with Crippen molar-refractivity contribution in [2.24, 2.45) is 0 Å². The lowest BCUT2D eigenvalue weighted by Crippen LogP contribution is -2.26. The van der Waals surface area contributed by atoms with Gasteiger partial charge in [-0.15, -0.1) is 0 Å². The van der Waals surface area contributed by atoms with Crippen LogP contribution in [0.3, 0.4) is 0 Å². The Morgan fingerprint density at radius 1 is 1.23 bits per heavy atom. The van der Waals surface area contributed by atoms with Crippen molar-refractivity contribution in [2.45, 2.75) is 13.5 Å². The maximum Gasteiger partial charge on any atom is 0.257 e. The predicted octanol–water partition coefficient (Wildman–Crippen LogP) is 3.98. The zero-order chi connectivity index (χ0) is 18.7. The summed E-state index contributed by atoms with van der Waals surface area (Å²) in [5.41, 5.74) is 2.17. The van der Waals surface area contributed by atoms with Crippen LogP contribution in [0.1, 0.15) is 21.7 Å². The summed E-state index contributed by atoms with van der Waals surface area (Å²) >= 11 is 6.05. The Kier molecular flexibility index (Phi) is 5.23. The molecule has 0 aliphatic heterocycles. The van der Waals surface area contributed by atoms with Crippen molar-refractivity contribution in [2.75, 3.05) is 14.2 Å². The second-order valence-corrected chi connectivity index (χ2v) is 6.28. The number of carbonyl (C=O) groups is 1. The van der Waals surface area contributed by atoms with E-state index in [0.717, 1.165) is 11.1 Å². The van der Waals surface area contributed by atoms with Crippen molar-refractivity contribution in [3.8, 4) is 17.2 Å². The molecule has 6 nitrogen and oxygen atoms in total. The molecule has 2 aromatic carbocycles. The lowest BCUT2D eigenvalue weighted by Gasteiger charge is -2.19. The number of ether oxygens (including phenoxy) is 1. The third-order valence-electron chi connectivity index (χ3n) is 3.90. The minimum Gasteiger partial charge on any atom is -0.496 e. The highest BCUT2D eigenvalue weighted by molar-refractivity contribution is 6.30. The summed E-state index contributed by atoms with van der Waals surface area (Å²) in [6, 6.07) is 12.4. The van der Waals surface area contributed by atoms with Gasteiger partial charge in [0.05, 0.1) is 7.11 Å². The van der Waals surface area contributed by atoms with Crippen molar-refractivity contribution in [3.05, 3.63) is 64.4 Å². The molecule has 0 unspecified atom stereocenters. The molecule has 0 spiro atoms. The second kappa shape index (κ2) is 7.58. The van der Waals surface area contributed by atoms with E-state index >= 15 is 0 Å². The number of aromatic nitrogens is 2. The summed E-state index contributed by atoms with van der Waals surface area (Å²) < 4.78 is 10.5. The molecule has 0 saturated carbocycles. The van der Waals surface area contributed by atoms with E-state index in [4.69, 9.17) is 20.9 Å².